The van der Waals surface area contributed by atoms with Crippen LogP contribution < -0.4 is 10.2 Å². The number of carbonyl (C=O) groups is 1. The molecule has 2 aliphatic heterocycles. The van der Waals surface area contributed by atoms with Gasteiger partial charge in [0.25, 0.3) is 0 Å². The Morgan fingerprint density at radius 2 is 1.97 bits per heavy atom. The molecule has 162 valence electrons. The molecule has 1 amide bonds. The molecule has 0 aliphatic carbocycles. The van der Waals surface area contributed by atoms with Crippen molar-refractivity contribution in [2.75, 3.05) is 58.5 Å². The van der Waals surface area contributed by atoms with E-state index in [9.17, 15) is 4.79 Å². The fourth-order valence-corrected chi connectivity index (χ4v) is 3.87. The number of hydrogen-bond donors (Lipinski definition) is 1. The van der Waals surface area contributed by atoms with E-state index in [0.717, 1.165) is 70.2 Å². The number of likely N-dealkylation sites (tertiary alicyclic amines) is 1. The number of piperidine rings is 1. The Hall–Kier alpha value is -1.39. The summed E-state index contributed by atoms with van der Waals surface area (Å²) in [6, 6.07) is 8.12. The Kier molecular flexibility index (Phi) is 10.2. The van der Waals surface area contributed by atoms with E-state index in [1.807, 2.05) is 23.1 Å². The van der Waals surface area contributed by atoms with Crippen LogP contribution >= 0.6 is 24.0 Å². The van der Waals surface area contributed by atoms with Crippen molar-refractivity contribution in [2.24, 2.45) is 4.99 Å². The Morgan fingerprint density at radius 1 is 1.21 bits per heavy atom. The van der Waals surface area contributed by atoms with Crippen molar-refractivity contribution in [1.29, 1.82) is 0 Å². The Morgan fingerprint density at radius 3 is 2.69 bits per heavy atom. The van der Waals surface area contributed by atoms with Crippen LogP contribution in [0.1, 0.15) is 24.8 Å². The Bertz CT molecular complexity index is 678. The van der Waals surface area contributed by atoms with Crippen molar-refractivity contribution >= 4 is 41.5 Å². The van der Waals surface area contributed by atoms with E-state index in [-0.39, 0.29) is 36.4 Å². The molecule has 7 nitrogen and oxygen atoms in total. The van der Waals surface area contributed by atoms with E-state index < -0.39 is 0 Å². The number of halogens is 1. The molecule has 0 aromatic heterocycles. The molecule has 0 unspecified atom stereocenters. The van der Waals surface area contributed by atoms with Crippen LogP contribution in [0, 0.1) is 0 Å². The zero-order chi connectivity index (χ0) is 19.8. The zero-order valence-corrected chi connectivity index (χ0v) is 19.8. The van der Waals surface area contributed by atoms with Crippen molar-refractivity contribution in [3.63, 3.8) is 0 Å². The summed E-state index contributed by atoms with van der Waals surface area (Å²) in [5.41, 5.74) is 2.28. The predicted molar refractivity (Wildman–Crippen MR) is 126 cm³/mol. The maximum atomic E-state index is 12.7. The minimum absolute atomic E-state index is 0. The molecule has 0 atom stereocenters. The monoisotopic (exact) mass is 516 g/mol. The summed E-state index contributed by atoms with van der Waals surface area (Å²) in [6.07, 6.45) is 4.10. The molecule has 1 aromatic rings. The van der Waals surface area contributed by atoms with Crippen LogP contribution in [0.5, 0.6) is 0 Å². The largest absolute Gasteiger partial charge is 0.385 e. The third-order valence-corrected chi connectivity index (χ3v) is 5.39. The molecule has 29 heavy (non-hydrogen) atoms. The normalized spacial score (nSPS) is 17.1. The average molecular weight is 516 g/mol. The van der Waals surface area contributed by atoms with Crippen LogP contribution in [0.4, 0.5) is 5.69 Å². The molecule has 2 heterocycles. The lowest BCUT2D eigenvalue weighted by Crippen LogP contribution is -2.49. The van der Waals surface area contributed by atoms with Crippen molar-refractivity contribution in [2.45, 2.75) is 31.8 Å². The summed E-state index contributed by atoms with van der Waals surface area (Å²) in [5, 5.41) is 3.25. The van der Waals surface area contributed by atoms with Crippen LogP contribution in [0.25, 0.3) is 0 Å². The quantitative estimate of drug-likeness (QED) is 0.261. The molecular formula is C21H33IN4O3. The number of fused-ring (bicyclic) bond motifs is 1. The molecule has 8 heteroatoms. The third-order valence-electron chi connectivity index (χ3n) is 5.39. The highest BCUT2D eigenvalue weighted by atomic mass is 127. The van der Waals surface area contributed by atoms with E-state index in [4.69, 9.17) is 9.47 Å². The summed E-state index contributed by atoms with van der Waals surface area (Å²) in [4.78, 5) is 21.1. The van der Waals surface area contributed by atoms with Crippen molar-refractivity contribution < 1.29 is 14.3 Å². The number of benzene rings is 1. The number of guanidine groups is 1. The molecule has 0 bridgehead atoms. The molecule has 0 spiro atoms. The van der Waals surface area contributed by atoms with Crippen LogP contribution in [-0.2, 0) is 20.7 Å². The molecule has 2 aliphatic rings. The lowest BCUT2D eigenvalue weighted by molar-refractivity contribution is -0.117. The van der Waals surface area contributed by atoms with Gasteiger partial charge in [0.2, 0.25) is 5.91 Å². The second kappa shape index (κ2) is 12.3. The lowest BCUT2D eigenvalue weighted by atomic mass is 10.1. The summed E-state index contributed by atoms with van der Waals surface area (Å²) >= 11 is 0. The standard InChI is InChI=1S/C21H32N4O3.HI/c1-22-21(24-11-9-18(10-12-24)28-15-5-14-27-2)23-16-20(26)25-13-8-17-6-3-4-7-19(17)25;/h3-4,6-7,18H,5,8-16H2,1-2H3,(H,22,23);1H. The number of carbonyl (C=O) groups excluding carboxylic acids is 1. The van der Waals surface area contributed by atoms with Gasteiger partial charge in [-0.1, -0.05) is 18.2 Å². The van der Waals surface area contributed by atoms with Crippen LogP contribution in [-0.4, -0.2) is 76.4 Å². The van der Waals surface area contributed by atoms with Crippen molar-refractivity contribution in [1.82, 2.24) is 10.2 Å². The van der Waals surface area contributed by atoms with Gasteiger partial charge in [-0.25, -0.2) is 0 Å². The minimum atomic E-state index is 0. The van der Waals surface area contributed by atoms with Gasteiger partial charge >= 0.3 is 0 Å². The van der Waals surface area contributed by atoms with Crippen molar-refractivity contribution in [3.8, 4) is 0 Å². The van der Waals surface area contributed by atoms with Crippen LogP contribution in [0.2, 0.25) is 0 Å². The number of nitrogens with zero attached hydrogens (tertiary/aromatic N) is 3. The van der Waals surface area contributed by atoms with E-state index in [1.165, 1.54) is 5.56 Å². The van der Waals surface area contributed by atoms with Gasteiger partial charge in [-0.05, 0) is 37.3 Å². The summed E-state index contributed by atoms with van der Waals surface area (Å²) in [7, 11) is 3.48. The van der Waals surface area contributed by atoms with Gasteiger partial charge < -0.3 is 24.6 Å². The number of hydrogen-bond acceptors (Lipinski definition) is 4. The molecule has 1 fully saturated rings. The predicted octanol–water partition coefficient (Wildman–Crippen LogP) is 2.29. The number of nitrogens with one attached hydrogen (secondary N) is 1. The average Bonchev–Trinajstić information content (AvgIpc) is 3.17. The number of aliphatic imine (C=N–C) groups is 1. The summed E-state index contributed by atoms with van der Waals surface area (Å²) in [5.74, 6) is 0.876. The van der Waals surface area contributed by atoms with Crippen LogP contribution in [0.3, 0.4) is 0 Å². The van der Waals surface area contributed by atoms with Gasteiger partial charge in [0.1, 0.15) is 0 Å². The first-order chi connectivity index (χ1) is 13.7. The molecule has 3 rings (SSSR count). The number of anilines is 1. The summed E-state index contributed by atoms with van der Waals surface area (Å²) < 4.78 is 11.0. The smallest absolute Gasteiger partial charge is 0.246 e. The number of amides is 1. The highest BCUT2D eigenvalue weighted by molar-refractivity contribution is 14.0. The SMILES string of the molecule is CN=C(NCC(=O)N1CCc2ccccc21)N1CCC(OCCCOC)CC1.I. The minimum Gasteiger partial charge on any atom is -0.385 e. The summed E-state index contributed by atoms with van der Waals surface area (Å²) in [6.45, 7) is 4.27. The van der Waals surface area contributed by atoms with Crippen molar-refractivity contribution in [3.05, 3.63) is 29.8 Å². The second-order valence-corrected chi connectivity index (χ2v) is 7.23. The third kappa shape index (κ3) is 6.55. The van der Waals surface area contributed by atoms with E-state index in [1.54, 1.807) is 14.2 Å². The number of para-hydroxylation sites is 1. The number of rotatable bonds is 7. The first-order valence-corrected chi connectivity index (χ1v) is 10.2. The molecule has 0 saturated carbocycles. The zero-order valence-electron chi connectivity index (χ0n) is 17.4. The van der Waals surface area contributed by atoms with Gasteiger partial charge in [0, 0.05) is 52.7 Å². The first kappa shape index (κ1) is 23.9. The van der Waals surface area contributed by atoms with E-state index in [0.29, 0.717) is 6.10 Å². The van der Waals surface area contributed by atoms with Gasteiger partial charge in [-0.2, -0.15) is 0 Å². The molecule has 1 saturated heterocycles. The number of methoxy groups -OCH3 is 1. The van der Waals surface area contributed by atoms with Gasteiger partial charge in [0.05, 0.1) is 12.6 Å². The van der Waals surface area contributed by atoms with E-state index in [2.05, 4.69) is 21.3 Å². The first-order valence-electron chi connectivity index (χ1n) is 10.2. The topological polar surface area (TPSA) is 66.4 Å². The van der Waals surface area contributed by atoms with Gasteiger partial charge in [-0.15, -0.1) is 24.0 Å². The van der Waals surface area contributed by atoms with Gasteiger partial charge in [-0.3, -0.25) is 9.79 Å². The molecule has 1 aromatic carbocycles. The highest BCUT2D eigenvalue weighted by Crippen LogP contribution is 2.27. The Labute approximate surface area is 190 Å². The van der Waals surface area contributed by atoms with Crippen LogP contribution in [0.15, 0.2) is 29.3 Å². The molecular weight excluding hydrogens is 483 g/mol. The molecule has 1 N–H and O–H groups in total. The lowest BCUT2D eigenvalue weighted by Gasteiger charge is -2.34. The van der Waals surface area contributed by atoms with E-state index >= 15 is 0 Å². The molecule has 0 radical (unpaired) electrons. The second-order valence-electron chi connectivity index (χ2n) is 7.23. The fraction of sp³-hybridized carbons (Fsp3) is 0.619. The maximum Gasteiger partial charge on any atom is 0.246 e. The maximum absolute atomic E-state index is 12.7. The van der Waals surface area contributed by atoms with Gasteiger partial charge in [0.15, 0.2) is 5.96 Å². The number of ether oxygens (including phenoxy) is 2. The highest BCUT2D eigenvalue weighted by Gasteiger charge is 2.25. The fourth-order valence-electron chi connectivity index (χ4n) is 3.87. The Balaban J connectivity index is 0.00000300.